The monoisotopic (exact) mass is 1270 g/mol. The third kappa shape index (κ3) is 7.27. The fourth-order valence-electron chi connectivity index (χ4n) is 19.4. The lowest BCUT2D eigenvalue weighted by atomic mass is 9.78. The lowest BCUT2D eigenvalue weighted by Gasteiger charge is -2.23. The number of ether oxygens (including phenoxy) is 3. The first-order chi connectivity index (χ1) is 48.4. The van der Waals surface area contributed by atoms with Gasteiger partial charge in [-0.2, -0.15) is 13.7 Å². The molecule has 6 aliphatic rings. The van der Waals surface area contributed by atoms with Gasteiger partial charge in [-0.15, -0.1) is 0 Å². The van der Waals surface area contributed by atoms with Crippen LogP contribution in [-0.4, -0.2) is 0 Å². The summed E-state index contributed by atoms with van der Waals surface area (Å²) in [6.07, 6.45) is 2.28. The molecule has 6 heteroatoms. The molecule has 0 saturated carbocycles. The Balaban J connectivity index is 0.0000000949. The van der Waals surface area contributed by atoms with E-state index in [0.29, 0.717) is 20.2 Å². The Hall–Kier alpha value is -11.7. The topological polar surface area (TPSA) is 39.3 Å². The van der Waals surface area contributed by atoms with Crippen LogP contribution in [0.2, 0.25) is 0 Å². The van der Waals surface area contributed by atoms with E-state index in [-0.39, 0.29) is 16.2 Å². The van der Waals surface area contributed by atoms with Gasteiger partial charge < -0.3 is 14.2 Å². The summed E-state index contributed by atoms with van der Waals surface area (Å²) in [6.45, 7) is 15.9. The van der Waals surface area contributed by atoms with Crippen molar-refractivity contribution < 1.29 is 27.9 Å². The van der Waals surface area contributed by atoms with E-state index in [1.807, 2.05) is 0 Å². The lowest BCUT2D eigenvalue weighted by Crippen LogP contribution is -2.43. The summed E-state index contributed by atoms with van der Waals surface area (Å²) in [5, 5.41) is 28.4. The molecule has 3 aliphatic carbocycles. The van der Waals surface area contributed by atoms with Gasteiger partial charge in [-0.25, -0.2) is 0 Å². The molecule has 6 heterocycles. The van der Waals surface area contributed by atoms with Gasteiger partial charge in [0, 0.05) is 49.8 Å². The van der Waals surface area contributed by atoms with Crippen LogP contribution < -0.4 is 27.9 Å². The summed E-state index contributed by atoms with van der Waals surface area (Å²) in [7, 11) is 0. The van der Waals surface area contributed by atoms with Gasteiger partial charge in [0.1, 0.15) is 17.2 Å². The van der Waals surface area contributed by atoms with Crippen LogP contribution >= 0.6 is 0 Å². The van der Waals surface area contributed by atoms with Gasteiger partial charge >= 0.3 is 0 Å². The van der Waals surface area contributed by atoms with Crippen molar-refractivity contribution in [3.63, 3.8) is 0 Å². The summed E-state index contributed by atoms with van der Waals surface area (Å²) < 4.78 is 26.6. The van der Waals surface area contributed by atoms with Gasteiger partial charge in [0.2, 0.25) is 28.1 Å². The molecule has 0 radical (unpaired) electrons. The minimum atomic E-state index is -0.140. The van der Waals surface area contributed by atoms with Crippen molar-refractivity contribution >= 4 is 130 Å². The third-order valence-electron chi connectivity index (χ3n) is 23.7. The van der Waals surface area contributed by atoms with Crippen molar-refractivity contribution in [1.82, 2.24) is 0 Å². The van der Waals surface area contributed by atoms with Gasteiger partial charge in [0.25, 0.3) is 20.2 Å². The predicted molar refractivity (Wildman–Crippen MR) is 405 cm³/mol. The number of pyridine rings is 3. The van der Waals surface area contributed by atoms with E-state index in [0.717, 1.165) is 17.2 Å². The smallest absolute Gasteiger partial charge is 0.293 e. The number of benzene rings is 15. The van der Waals surface area contributed by atoms with Crippen LogP contribution in [-0.2, 0) is 36.4 Å². The Morgan fingerprint density at radius 2 is 0.657 bits per heavy atom. The number of aromatic nitrogens is 3. The molecule has 0 bridgehead atoms. The van der Waals surface area contributed by atoms with Crippen molar-refractivity contribution in [3.8, 4) is 51.0 Å². The van der Waals surface area contributed by atoms with Crippen molar-refractivity contribution in [2.45, 2.75) is 78.0 Å². The highest BCUT2D eigenvalue weighted by molar-refractivity contribution is 6.17. The van der Waals surface area contributed by atoms with Crippen LogP contribution in [0.1, 0.15) is 74.9 Å². The quantitative estimate of drug-likeness (QED) is 0.0863. The molecule has 15 aromatic carbocycles. The molecule has 0 unspecified atom stereocenters. The molecule has 0 amide bonds. The molecule has 3 aliphatic heterocycles. The molecule has 3 aromatic heterocycles. The van der Waals surface area contributed by atoms with Crippen molar-refractivity contribution in [1.29, 1.82) is 0 Å². The van der Waals surface area contributed by atoms with Gasteiger partial charge in [0.15, 0.2) is 6.20 Å². The first-order valence-electron chi connectivity index (χ1n) is 34.9. The number of fused-ring (bicyclic) bond motifs is 23. The second-order valence-corrected chi connectivity index (χ2v) is 29.9. The van der Waals surface area contributed by atoms with E-state index in [1.165, 1.54) is 197 Å². The average Bonchev–Trinajstić information content (AvgIpc) is 1.54. The van der Waals surface area contributed by atoms with E-state index >= 15 is 0 Å². The van der Waals surface area contributed by atoms with E-state index in [9.17, 15) is 0 Å². The van der Waals surface area contributed by atoms with Gasteiger partial charge in [-0.05, 0) is 174 Å². The number of rotatable bonds is 0. The standard InChI is InChI=1S/3C31H22NO/c1-31(2)25-15-24-21-10-6-4-8-19(21)12-14-26(24)32-17-33-27-16-23-20-9-5-3-7-18(20)11-13-22(23)29(31)28(27)30(25)32;1-31(2)25-15-20-12-11-19-8-4-6-10-22(19)29(20)32-17-33-26-16-24-21-9-5-3-7-18(21)13-14-23(24)28(31)27(26)30(25)32;1-31(2)28-23-12-11-18-7-5-6-10-22(18)25(23)15-26-27(28)30-29(31)24-14-20-9-4-3-8-19(20)13-21(24)16-32(30)17-33-26/h3*3-16H,17H2,1-2H3/q3*+1. The zero-order chi connectivity index (χ0) is 65.7. The van der Waals surface area contributed by atoms with E-state index < -0.39 is 0 Å². The second-order valence-electron chi connectivity index (χ2n) is 29.9. The summed E-state index contributed by atoms with van der Waals surface area (Å²) in [5.41, 5.74) is 18.3. The maximum atomic E-state index is 6.53. The summed E-state index contributed by atoms with van der Waals surface area (Å²) in [4.78, 5) is 0. The molecule has 18 aromatic rings. The fraction of sp³-hybridized carbons (Fsp3) is 0.129. The van der Waals surface area contributed by atoms with Gasteiger partial charge in [-0.1, -0.05) is 224 Å². The first-order valence-corrected chi connectivity index (χ1v) is 34.9. The van der Waals surface area contributed by atoms with E-state index in [4.69, 9.17) is 14.2 Å². The Kier molecular flexibility index (Phi) is 10.8. The molecular weight excluding hydrogens is 1210 g/mol. The normalized spacial score (nSPS) is 15.3. The Morgan fingerprint density at radius 1 is 0.263 bits per heavy atom. The Labute approximate surface area is 571 Å². The highest BCUT2D eigenvalue weighted by Gasteiger charge is 2.51. The Morgan fingerprint density at radius 3 is 1.20 bits per heavy atom. The predicted octanol–water partition coefficient (Wildman–Crippen LogP) is 21.7. The number of nitrogens with zero attached hydrogens (tertiary/aromatic N) is 3. The molecule has 6 nitrogen and oxygen atoms in total. The highest BCUT2D eigenvalue weighted by Crippen LogP contribution is 2.60. The van der Waals surface area contributed by atoms with Crippen LogP contribution in [0.15, 0.2) is 255 Å². The maximum Gasteiger partial charge on any atom is 0.293 e. The largest absolute Gasteiger partial charge is 0.435 e. The van der Waals surface area contributed by atoms with Crippen LogP contribution in [0, 0.1) is 0 Å². The SMILES string of the molecule is CC1(C)c2c3[n+](cc4cc5ccccc5cc24)COc2cc4c(ccc5ccccc54)c1c2-3.CC1(C)c2cc3c4ccccc4ccc3[n+]3c2-c2c(cc4c(ccc5ccccc54)c21)OC3.CC1(C)c2cc3ccc4ccccc4c3[n+]3c2-c2c(cc4c(ccc5ccccc54)c21)OC3. The third-order valence-corrected chi connectivity index (χ3v) is 23.7. The molecule has 99 heavy (non-hydrogen) atoms. The number of hydrogen-bond donors (Lipinski definition) is 0. The summed E-state index contributed by atoms with van der Waals surface area (Å²) in [6, 6.07) is 91.2. The Bertz CT molecular complexity index is 6760. The zero-order valence-electron chi connectivity index (χ0n) is 55.9. The summed E-state index contributed by atoms with van der Waals surface area (Å²) in [5.74, 6) is 3.04. The molecule has 0 N–H and O–H groups in total. The van der Waals surface area contributed by atoms with Crippen LogP contribution in [0.4, 0.5) is 0 Å². The molecule has 0 fully saturated rings. The average molecular weight is 1270 g/mol. The summed E-state index contributed by atoms with van der Waals surface area (Å²) >= 11 is 0. The van der Waals surface area contributed by atoms with Gasteiger partial charge in [0.05, 0.1) is 27.5 Å². The fourth-order valence-corrected chi connectivity index (χ4v) is 19.4. The van der Waals surface area contributed by atoms with Crippen LogP contribution in [0.5, 0.6) is 17.2 Å². The minimum Gasteiger partial charge on any atom is -0.435 e. The van der Waals surface area contributed by atoms with Crippen molar-refractivity contribution in [2.75, 3.05) is 0 Å². The van der Waals surface area contributed by atoms with Gasteiger partial charge in [-0.3, -0.25) is 0 Å². The molecule has 0 spiro atoms. The van der Waals surface area contributed by atoms with E-state index in [1.54, 1.807) is 0 Å². The second kappa shape index (κ2) is 19.3. The van der Waals surface area contributed by atoms with Crippen molar-refractivity contribution in [3.05, 3.63) is 288 Å². The lowest BCUT2D eigenvalue weighted by molar-refractivity contribution is -0.716. The maximum absolute atomic E-state index is 6.53. The molecular formula is C93H66N3O3+3. The molecule has 0 atom stereocenters. The molecule has 24 rings (SSSR count). The highest BCUT2D eigenvalue weighted by atomic mass is 16.5. The minimum absolute atomic E-state index is 0.114. The van der Waals surface area contributed by atoms with Crippen LogP contribution in [0.25, 0.3) is 163 Å². The van der Waals surface area contributed by atoms with E-state index in [2.05, 4.69) is 310 Å². The molecule has 0 saturated heterocycles. The first kappa shape index (κ1) is 55.4. The molecule has 468 valence electrons. The van der Waals surface area contributed by atoms with Crippen molar-refractivity contribution in [2.24, 2.45) is 0 Å². The number of hydrogen-bond acceptors (Lipinski definition) is 3. The van der Waals surface area contributed by atoms with Crippen LogP contribution in [0.3, 0.4) is 0 Å². The zero-order valence-corrected chi connectivity index (χ0v) is 55.9.